The van der Waals surface area contributed by atoms with E-state index >= 15 is 0 Å². The van der Waals surface area contributed by atoms with Crippen LogP contribution in [0.25, 0.3) is 0 Å². The van der Waals surface area contributed by atoms with Gasteiger partial charge in [-0.15, -0.1) is 0 Å². The highest BCUT2D eigenvalue weighted by Crippen LogP contribution is 2.22. The van der Waals surface area contributed by atoms with E-state index in [1.54, 1.807) is 4.90 Å². The van der Waals surface area contributed by atoms with Crippen LogP contribution in [0, 0.1) is 5.92 Å². The van der Waals surface area contributed by atoms with E-state index in [0.717, 1.165) is 0 Å². The van der Waals surface area contributed by atoms with E-state index in [-0.39, 0.29) is 24.0 Å². The van der Waals surface area contributed by atoms with E-state index in [9.17, 15) is 14.7 Å². The van der Waals surface area contributed by atoms with Crippen LogP contribution in [0.5, 0.6) is 5.75 Å². The second kappa shape index (κ2) is 5.69. The van der Waals surface area contributed by atoms with Crippen LogP contribution in [0.4, 0.5) is 0 Å². The molecule has 2 rings (SSSR count). The zero-order valence-corrected chi connectivity index (χ0v) is 10.5. The Balaban J connectivity index is 1.94. The van der Waals surface area contributed by atoms with Crippen LogP contribution in [0.2, 0.25) is 0 Å². The van der Waals surface area contributed by atoms with E-state index in [4.69, 9.17) is 5.11 Å². The van der Waals surface area contributed by atoms with E-state index in [2.05, 4.69) is 4.98 Å². The molecule has 1 aromatic heterocycles. The van der Waals surface area contributed by atoms with Crippen molar-refractivity contribution in [3.05, 3.63) is 24.0 Å². The molecule has 0 atom stereocenters. The van der Waals surface area contributed by atoms with Gasteiger partial charge in [-0.05, 0) is 24.8 Å². The lowest BCUT2D eigenvalue weighted by molar-refractivity contribution is -0.138. The number of aromatic nitrogens is 1. The molecule has 0 spiro atoms. The van der Waals surface area contributed by atoms with Gasteiger partial charge in [0, 0.05) is 25.7 Å². The number of piperidine rings is 1. The molecule has 0 radical (unpaired) electrons. The Bertz CT molecular complexity index is 481. The second-order valence-corrected chi connectivity index (χ2v) is 4.77. The van der Waals surface area contributed by atoms with Crippen LogP contribution < -0.4 is 0 Å². The quantitative estimate of drug-likeness (QED) is 0.853. The SMILES string of the molecule is O=C(O)CC1CCN(C(=O)c2cncc(O)c2)CC1. The Morgan fingerprint density at radius 2 is 2.00 bits per heavy atom. The largest absolute Gasteiger partial charge is 0.506 e. The highest BCUT2D eigenvalue weighted by atomic mass is 16.4. The number of amides is 1. The maximum Gasteiger partial charge on any atom is 0.303 e. The summed E-state index contributed by atoms with van der Waals surface area (Å²) < 4.78 is 0. The fourth-order valence-electron chi connectivity index (χ4n) is 2.31. The monoisotopic (exact) mass is 264 g/mol. The Morgan fingerprint density at radius 1 is 1.32 bits per heavy atom. The number of hydrogen-bond donors (Lipinski definition) is 2. The smallest absolute Gasteiger partial charge is 0.303 e. The van der Waals surface area contributed by atoms with Gasteiger partial charge in [-0.25, -0.2) is 0 Å². The zero-order chi connectivity index (χ0) is 13.8. The van der Waals surface area contributed by atoms with Crippen molar-refractivity contribution in [3.63, 3.8) is 0 Å². The number of carbonyl (C=O) groups is 2. The number of likely N-dealkylation sites (tertiary alicyclic amines) is 1. The summed E-state index contributed by atoms with van der Waals surface area (Å²) >= 11 is 0. The average Bonchev–Trinajstić information content (AvgIpc) is 2.38. The highest BCUT2D eigenvalue weighted by Gasteiger charge is 2.25. The van der Waals surface area contributed by atoms with E-state index in [1.165, 1.54) is 18.5 Å². The fraction of sp³-hybridized carbons (Fsp3) is 0.462. The maximum atomic E-state index is 12.1. The van der Waals surface area contributed by atoms with E-state index in [1.807, 2.05) is 0 Å². The molecule has 1 aliphatic rings. The van der Waals surface area contributed by atoms with E-state index in [0.29, 0.717) is 31.5 Å². The number of pyridine rings is 1. The molecule has 1 amide bonds. The second-order valence-electron chi connectivity index (χ2n) is 4.77. The van der Waals surface area contributed by atoms with E-state index < -0.39 is 5.97 Å². The lowest BCUT2D eigenvalue weighted by Gasteiger charge is -2.31. The van der Waals surface area contributed by atoms with Gasteiger partial charge < -0.3 is 15.1 Å². The first-order chi connectivity index (χ1) is 9.06. The molecule has 0 bridgehead atoms. The van der Waals surface area contributed by atoms with Gasteiger partial charge in [-0.1, -0.05) is 0 Å². The Hall–Kier alpha value is -2.11. The summed E-state index contributed by atoms with van der Waals surface area (Å²) in [6.07, 6.45) is 4.26. The minimum atomic E-state index is -0.790. The van der Waals surface area contributed by atoms with Gasteiger partial charge in [0.05, 0.1) is 11.8 Å². The number of nitrogens with zero attached hydrogens (tertiary/aromatic N) is 2. The summed E-state index contributed by atoms with van der Waals surface area (Å²) in [4.78, 5) is 28.2. The molecule has 0 saturated carbocycles. The first kappa shape index (κ1) is 13.3. The molecule has 1 saturated heterocycles. The molecule has 0 unspecified atom stereocenters. The van der Waals surface area contributed by atoms with Gasteiger partial charge in [0.2, 0.25) is 0 Å². The van der Waals surface area contributed by atoms with Crippen molar-refractivity contribution in [1.82, 2.24) is 9.88 Å². The number of carboxylic acid groups (broad SMARTS) is 1. The molecule has 2 heterocycles. The molecule has 1 fully saturated rings. The summed E-state index contributed by atoms with van der Waals surface area (Å²) in [6, 6.07) is 1.39. The number of aliphatic carboxylic acids is 1. The Kier molecular flexibility index (Phi) is 3.99. The predicted molar refractivity (Wildman–Crippen MR) is 66.8 cm³/mol. The summed E-state index contributed by atoms with van der Waals surface area (Å²) in [6.45, 7) is 1.10. The minimum Gasteiger partial charge on any atom is -0.506 e. The highest BCUT2D eigenvalue weighted by molar-refractivity contribution is 5.94. The Morgan fingerprint density at radius 3 is 2.58 bits per heavy atom. The van der Waals surface area contributed by atoms with Gasteiger partial charge in [0.25, 0.3) is 5.91 Å². The molecule has 1 aliphatic heterocycles. The number of aromatic hydroxyl groups is 1. The van der Waals surface area contributed by atoms with Crippen molar-refractivity contribution >= 4 is 11.9 Å². The van der Waals surface area contributed by atoms with Gasteiger partial charge in [0.15, 0.2) is 0 Å². The van der Waals surface area contributed by atoms with Crippen LogP contribution in [0.1, 0.15) is 29.6 Å². The predicted octanol–water partition coefficient (Wildman–Crippen LogP) is 1.11. The fourth-order valence-corrected chi connectivity index (χ4v) is 2.31. The van der Waals surface area contributed by atoms with Crippen molar-refractivity contribution in [2.24, 2.45) is 5.92 Å². The van der Waals surface area contributed by atoms with Crippen LogP contribution in [0.15, 0.2) is 18.5 Å². The molecule has 1 aromatic rings. The normalized spacial score (nSPS) is 16.3. The third-order valence-corrected chi connectivity index (χ3v) is 3.34. The van der Waals surface area contributed by atoms with Gasteiger partial charge in [0.1, 0.15) is 5.75 Å². The molecule has 6 heteroatoms. The van der Waals surface area contributed by atoms with Crippen LogP contribution >= 0.6 is 0 Å². The van der Waals surface area contributed by atoms with Gasteiger partial charge in [-0.3, -0.25) is 14.6 Å². The molecule has 102 valence electrons. The lowest BCUT2D eigenvalue weighted by Crippen LogP contribution is -2.38. The molecule has 0 aliphatic carbocycles. The first-order valence-electron chi connectivity index (χ1n) is 6.21. The topological polar surface area (TPSA) is 90.7 Å². The van der Waals surface area contributed by atoms with Crippen LogP contribution in [0.3, 0.4) is 0 Å². The maximum absolute atomic E-state index is 12.1. The number of carbonyl (C=O) groups excluding carboxylic acids is 1. The van der Waals surface area contributed by atoms with Crippen LogP contribution in [-0.2, 0) is 4.79 Å². The summed E-state index contributed by atoms with van der Waals surface area (Å²) in [5, 5.41) is 18.0. The summed E-state index contributed by atoms with van der Waals surface area (Å²) in [5.41, 5.74) is 0.358. The van der Waals surface area contributed by atoms with Crippen molar-refractivity contribution in [3.8, 4) is 5.75 Å². The van der Waals surface area contributed by atoms with Crippen molar-refractivity contribution in [2.45, 2.75) is 19.3 Å². The number of rotatable bonds is 3. The summed E-state index contributed by atoms with van der Waals surface area (Å²) in [5.74, 6) is -0.852. The molecule has 6 nitrogen and oxygen atoms in total. The van der Waals surface area contributed by atoms with Crippen LogP contribution in [-0.4, -0.2) is 45.1 Å². The third-order valence-electron chi connectivity index (χ3n) is 3.34. The third kappa shape index (κ3) is 3.43. The Labute approximate surface area is 110 Å². The first-order valence-corrected chi connectivity index (χ1v) is 6.21. The van der Waals surface area contributed by atoms with Gasteiger partial charge >= 0.3 is 5.97 Å². The van der Waals surface area contributed by atoms with Crippen molar-refractivity contribution in [1.29, 1.82) is 0 Å². The molecular weight excluding hydrogens is 248 g/mol. The standard InChI is InChI=1S/C13H16N2O4/c16-11-6-10(7-14-8-11)13(19)15-3-1-9(2-4-15)5-12(17)18/h6-9,16H,1-5H2,(H,17,18). The molecule has 0 aromatic carbocycles. The van der Waals surface area contributed by atoms with Gasteiger partial charge in [-0.2, -0.15) is 0 Å². The summed E-state index contributed by atoms with van der Waals surface area (Å²) in [7, 11) is 0. The number of hydrogen-bond acceptors (Lipinski definition) is 4. The average molecular weight is 264 g/mol. The van der Waals surface area contributed by atoms with Crippen molar-refractivity contribution < 1.29 is 19.8 Å². The molecule has 19 heavy (non-hydrogen) atoms. The molecular formula is C13H16N2O4. The van der Waals surface area contributed by atoms with Crippen molar-refractivity contribution in [2.75, 3.05) is 13.1 Å². The molecule has 2 N–H and O–H groups in total. The number of carboxylic acids is 1. The minimum absolute atomic E-state index is 0.0355. The zero-order valence-electron chi connectivity index (χ0n) is 10.5. The lowest BCUT2D eigenvalue weighted by atomic mass is 9.93.